The predicted octanol–water partition coefficient (Wildman–Crippen LogP) is 2.73. The van der Waals surface area contributed by atoms with Crippen LogP contribution in [0.4, 0.5) is 0 Å². The Morgan fingerprint density at radius 1 is 1.50 bits per heavy atom. The molecule has 1 unspecified atom stereocenters. The van der Waals surface area contributed by atoms with E-state index in [0.717, 1.165) is 12.5 Å². The van der Waals surface area contributed by atoms with E-state index >= 15 is 0 Å². The average Bonchev–Trinajstić information content (AvgIpc) is 2.56. The molecule has 0 spiro atoms. The van der Waals surface area contributed by atoms with Gasteiger partial charge in [-0.25, -0.2) is 0 Å². The van der Waals surface area contributed by atoms with Gasteiger partial charge in [-0.15, -0.1) is 6.58 Å². The van der Waals surface area contributed by atoms with Gasteiger partial charge in [-0.3, -0.25) is 0 Å². The van der Waals surface area contributed by atoms with E-state index in [-0.39, 0.29) is 0 Å². The zero-order valence-electron chi connectivity index (χ0n) is 8.18. The second kappa shape index (κ2) is 5.36. The van der Waals surface area contributed by atoms with Crippen LogP contribution in [0.2, 0.25) is 0 Å². The third-order valence-electron chi connectivity index (χ3n) is 2.81. The van der Waals surface area contributed by atoms with Gasteiger partial charge < -0.3 is 5.32 Å². The molecule has 0 radical (unpaired) electrons. The molecule has 0 saturated heterocycles. The van der Waals surface area contributed by atoms with Gasteiger partial charge in [0.2, 0.25) is 0 Å². The van der Waals surface area contributed by atoms with Crippen LogP contribution in [0.3, 0.4) is 0 Å². The van der Waals surface area contributed by atoms with Gasteiger partial charge in [-0.05, 0) is 18.9 Å². The molecule has 1 rings (SSSR count). The van der Waals surface area contributed by atoms with Crippen LogP contribution in [0.15, 0.2) is 12.7 Å². The van der Waals surface area contributed by atoms with Crippen molar-refractivity contribution >= 4 is 0 Å². The smallest absolute Gasteiger partial charge is 0.0249 e. The van der Waals surface area contributed by atoms with E-state index in [2.05, 4.69) is 24.9 Å². The van der Waals surface area contributed by atoms with Crippen molar-refractivity contribution in [2.75, 3.05) is 6.54 Å². The van der Waals surface area contributed by atoms with Gasteiger partial charge in [-0.1, -0.05) is 38.7 Å². The molecule has 0 aromatic carbocycles. The van der Waals surface area contributed by atoms with Crippen molar-refractivity contribution < 1.29 is 0 Å². The summed E-state index contributed by atoms with van der Waals surface area (Å²) in [5.74, 6) is 0.965. The van der Waals surface area contributed by atoms with E-state index in [1.165, 1.54) is 32.1 Å². The summed E-state index contributed by atoms with van der Waals surface area (Å²) in [4.78, 5) is 0. The van der Waals surface area contributed by atoms with E-state index < -0.39 is 0 Å². The number of hydrogen-bond donors (Lipinski definition) is 1. The van der Waals surface area contributed by atoms with Crippen LogP contribution in [0, 0.1) is 5.92 Å². The van der Waals surface area contributed by atoms with E-state index in [0.29, 0.717) is 6.04 Å². The van der Waals surface area contributed by atoms with Gasteiger partial charge in [0.15, 0.2) is 0 Å². The molecule has 1 N–H and O–H groups in total. The maximum absolute atomic E-state index is 3.86. The van der Waals surface area contributed by atoms with Gasteiger partial charge >= 0.3 is 0 Å². The lowest BCUT2D eigenvalue weighted by atomic mass is 9.98. The summed E-state index contributed by atoms with van der Waals surface area (Å²) >= 11 is 0. The lowest BCUT2D eigenvalue weighted by Crippen LogP contribution is -2.28. The molecule has 0 bridgehead atoms. The zero-order chi connectivity index (χ0) is 8.81. The Labute approximate surface area is 76.2 Å². The molecule has 0 aliphatic heterocycles. The number of likely N-dealkylation sites (N-methyl/N-ethyl adjacent to an activating group) is 1. The van der Waals surface area contributed by atoms with Gasteiger partial charge in [0, 0.05) is 6.04 Å². The molecule has 1 atom stereocenters. The molecular weight excluding hydrogens is 146 g/mol. The second-order valence-corrected chi connectivity index (χ2v) is 3.79. The SMILES string of the molecule is C=CC(CC1CCCC1)NCC. The van der Waals surface area contributed by atoms with Crippen LogP contribution >= 0.6 is 0 Å². The van der Waals surface area contributed by atoms with E-state index in [1.54, 1.807) is 0 Å². The number of nitrogens with one attached hydrogen (secondary N) is 1. The molecular formula is C11H21N. The van der Waals surface area contributed by atoms with Crippen LogP contribution in [-0.4, -0.2) is 12.6 Å². The van der Waals surface area contributed by atoms with Crippen molar-refractivity contribution in [3.8, 4) is 0 Å². The lowest BCUT2D eigenvalue weighted by Gasteiger charge is -2.17. The highest BCUT2D eigenvalue weighted by molar-refractivity contribution is 4.87. The minimum atomic E-state index is 0.554. The van der Waals surface area contributed by atoms with Crippen LogP contribution < -0.4 is 5.32 Å². The highest BCUT2D eigenvalue weighted by Crippen LogP contribution is 2.28. The van der Waals surface area contributed by atoms with E-state index in [4.69, 9.17) is 0 Å². The maximum Gasteiger partial charge on any atom is 0.0249 e. The van der Waals surface area contributed by atoms with Gasteiger partial charge in [-0.2, -0.15) is 0 Å². The first-order valence-electron chi connectivity index (χ1n) is 5.22. The Bertz CT molecular complexity index is 125. The van der Waals surface area contributed by atoms with Crippen LogP contribution in [0.25, 0.3) is 0 Å². The molecule has 1 fully saturated rings. The van der Waals surface area contributed by atoms with E-state index in [9.17, 15) is 0 Å². The summed E-state index contributed by atoms with van der Waals surface area (Å²) in [5.41, 5.74) is 0. The molecule has 0 aromatic heterocycles. The van der Waals surface area contributed by atoms with Crippen LogP contribution in [-0.2, 0) is 0 Å². The number of rotatable bonds is 5. The Kier molecular flexibility index (Phi) is 4.37. The molecule has 1 nitrogen and oxygen atoms in total. The fourth-order valence-electron chi connectivity index (χ4n) is 2.13. The van der Waals surface area contributed by atoms with E-state index in [1.807, 2.05) is 0 Å². The Morgan fingerprint density at radius 3 is 2.67 bits per heavy atom. The second-order valence-electron chi connectivity index (χ2n) is 3.79. The topological polar surface area (TPSA) is 12.0 Å². The minimum Gasteiger partial charge on any atom is -0.311 e. The van der Waals surface area contributed by atoms with Gasteiger partial charge in [0.1, 0.15) is 0 Å². The molecule has 1 saturated carbocycles. The highest BCUT2D eigenvalue weighted by atomic mass is 14.9. The third-order valence-corrected chi connectivity index (χ3v) is 2.81. The van der Waals surface area contributed by atoms with Gasteiger partial charge in [0.05, 0.1) is 0 Å². The largest absolute Gasteiger partial charge is 0.311 e. The molecule has 70 valence electrons. The first kappa shape index (κ1) is 9.79. The minimum absolute atomic E-state index is 0.554. The summed E-state index contributed by atoms with van der Waals surface area (Å²) in [6, 6.07) is 0.554. The van der Waals surface area contributed by atoms with Crippen molar-refractivity contribution in [1.82, 2.24) is 5.32 Å². The number of hydrogen-bond acceptors (Lipinski definition) is 1. The van der Waals surface area contributed by atoms with Crippen molar-refractivity contribution in [3.63, 3.8) is 0 Å². The fourth-order valence-corrected chi connectivity index (χ4v) is 2.13. The summed E-state index contributed by atoms with van der Waals surface area (Å²) in [5, 5.41) is 3.44. The first-order chi connectivity index (χ1) is 5.86. The quantitative estimate of drug-likeness (QED) is 0.621. The molecule has 1 aliphatic rings. The molecule has 0 amide bonds. The third kappa shape index (κ3) is 2.98. The summed E-state index contributed by atoms with van der Waals surface area (Å²) in [7, 11) is 0. The molecule has 0 aromatic rings. The molecule has 1 heteroatoms. The summed E-state index contributed by atoms with van der Waals surface area (Å²) in [6.07, 6.45) is 9.13. The average molecular weight is 167 g/mol. The maximum atomic E-state index is 3.86. The lowest BCUT2D eigenvalue weighted by molar-refractivity contribution is 0.435. The molecule has 1 aliphatic carbocycles. The normalized spacial score (nSPS) is 21.1. The van der Waals surface area contributed by atoms with Crippen LogP contribution in [0.5, 0.6) is 0 Å². The predicted molar refractivity (Wildman–Crippen MR) is 54.2 cm³/mol. The van der Waals surface area contributed by atoms with Crippen LogP contribution in [0.1, 0.15) is 39.0 Å². The highest BCUT2D eigenvalue weighted by Gasteiger charge is 2.17. The van der Waals surface area contributed by atoms with Crippen molar-refractivity contribution in [2.24, 2.45) is 5.92 Å². The monoisotopic (exact) mass is 167 g/mol. The zero-order valence-corrected chi connectivity index (χ0v) is 8.18. The fraction of sp³-hybridized carbons (Fsp3) is 0.818. The van der Waals surface area contributed by atoms with Gasteiger partial charge in [0.25, 0.3) is 0 Å². The Morgan fingerprint density at radius 2 is 2.17 bits per heavy atom. The van der Waals surface area contributed by atoms with Crippen molar-refractivity contribution in [2.45, 2.75) is 45.1 Å². The molecule has 12 heavy (non-hydrogen) atoms. The molecule has 0 heterocycles. The Hall–Kier alpha value is -0.300. The standard InChI is InChI=1S/C11H21N/c1-3-11(12-4-2)9-10-7-5-6-8-10/h3,10-12H,1,4-9H2,2H3. The Balaban J connectivity index is 2.20. The summed E-state index contributed by atoms with van der Waals surface area (Å²) < 4.78 is 0. The van der Waals surface area contributed by atoms with Crippen molar-refractivity contribution in [1.29, 1.82) is 0 Å². The van der Waals surface area contributed by atoms with Crippen molar-refractivity contribution in [3.05, 3.63) is 12.7 Å². The summed E-state index contributed by atoms with van der Waals surface area (Å²) in [6.45, 7) is 7.08. The first-order valence-corrected chi connectivity index (χ1v) is 5.22.